The van der Waals surface area contributed by atoms with Crippen molar-refractivity contribution in [1.29, 1.82) is 0 Å². The highest BCUT2D eigenvalue weighted by atomic mass is 16.5. The molecule has 156 valence electrons. The van der Waals surface area contributed by atoms with Crippen LogP contribution in [0, 0.1) is 5.92 Å². The highest BCUT2D eigenvalue weighted by Gasteiger charge is 2.34. The summed E-state index contributed by atoms with van der Waals surface area (Å²) >= 11 is 0. The van der Waals surface area contributed by atoms with Crippen LogP contribution in [0.2, 0.25) is 0 Å². The quantitative estimate of drug-likeness (QED) is 0.749. The minimum Gasteiger partial charge on any atom is -0.376 e. The van der Waals surface area contributed by atoms with Gasteiger partial charge in [0.15, 0.2) is 0 Å². The molecule has 1 aromatic heterocycles. The third kappa shape index (κ3) is 5.56. The largest absolute Gasteiger partial charge is 0.376 e. The molecule has 2 heterocycles. The molecule has 7 nitrogen and oxygen atoms in total. The lowest BCUT2D eigenvalue weighted by molar-refractivity contribution is -0.141. The first-order chi connectivity index (χ1) is 13.5. The standard InChI is InChI=1S/C21H34N4O3/c1-15(28-14-17-6-4-3-5-7-17)19(24-16(2)26)21(27)25-12-8-18(9-13-25)20-22-10-11-23-20/h10-11,15,17-19H,3-9,12-14H2,1-2H3,(H,22,23)(H,24,26). The first kappa shape index (κ1) is 20.8. The van der Waals surface area contributed by atoms with Crippen molar-refractivity contribution in [3.05, 3.63) is 18.2 Å². The number of carbonyl (C=O) groups is 2. The molecule has 7 heteroatoms. The zero-order valence-corrected chi connectivity index (χ0v) is 17.2. The van der Waals surface area contributed by atoms with Gasteiger partial charge in [-0.3, -0.25) is 9.59 Å². The molecule has 1 aliphatic carbocycles. The van der Waals surface area contributed by atoms with Crippen LogP contribution in [0.4, 0.5) is 0 Å². The average molecular weight is 391 g/mol. The van der Waals surface area contributed by atoms with Crippen LogP contribution in [-0.4, -0.2) is 58.5 Å². The maximum atomic E-state index is 13.1. The van der Waals surface area contributed by atoms with E-state index in [0.717, 1.165) is 18.7 Å². The van der Waals surface area contributed by atoms with Crippen molar-refractivity contribution >= 4 is 11.8 Å². The second kappa shape index (κ2) is 10.0. The van der Waals surface area contributed by atoms with E-state index in [9.17, 15) is 9.59 Å². The van der Waals surface area contributed by atoms with Gasteiger partial charge in [-0.05, 0) is 38.5 Å². The SMILES string of the molecule is CC(=O)NC(C(=O)N1CCC(c2ncc[nH]2)CC1)C(C)OCC1CCCCC1. The van der Waals surface area contributed by atoms with Gasteiger partial charge >= 0.3 is 0 Å². The van der Waals surface area contributed by atoms with E-state index >= 15 is 0 Å². The van der Waals surface area contributed by atoms with Crippen LogP contribution >= 0.6 is 0 Å². The predicted molar refractivity (Wildman–Crippen MR) is 107 cm³/mol. The third-order valence-corrected chi connectivity index (χ3v) is 6.13. The molecule has 2 atom stereocenters. The zero-order valence-electron chi connectivity index (χ0n) is 17.2. The fourth-order valence-electron chi connectivity index (χ4n) is 4.41. The van der Waals surface area contributed by atoms with Crippen molar-refractivity contribution in [3.63, 3.8) is 0 Å². The summed E-state index contributed by atoms with van der Waals surface area (Å²) in [6.45, 7) is 5.38. The fourth-order valence-corrected chi connectivity index (χ4v) is 4.41. The second-order valence-corrected chi connectivity index (χ2v) is 8.29. The molecule has 1 aromatic rings. The second-order valence-electron chi connectivity index (χ2n) is 8.29. The number of hydrogen-bond donors (Lipinski definition) is 2. The van der Waals surface area contributed by atoms with Crippen LogP contribution in [-0.2, 0) is 14.3 Å². The van der Waals surface area contributed by atoms with Gasteiger partial charge in [0.05, 0.1) is 6.10 Å². The summed E-state index contributed by atoms with van der Waals surface area (Å²) in [7, 11) is 0. The van der Waals surface area contributed by atoms with Gasteiger partial charge in [0.1, 0.15) is 11.9 Å². The monoisotopic (exact) mass is 390 g/mol. The maximum absolute atomic E-state index is 13.1. The van der Waals surface area contributed by atoms with Gasteiger partial charge in [-0.25, -0.2) is 4.98 Å². The summed E-state index contributed by atoms with van der Waals surface area (Å²) in [5, 5.41) is 2.83. The van der Waals surface area contributed by atoms with Crippen LogP contribution in [0.5, 0.6) is 0 Å². The van der Waals surface area contributed by atoms with Gasteiger partial charge in [0.2, 0.25) is 11.8 Å². The van der Waals surface area contributed by atoms with Gasteiger partial charge in [-0.2, -0.15) is 0 Å². The number of carbonyl (C=O) groups excluding carboxylic acids is 2. The highest BCUT2D eigenvalue weighted by molar-refractivity contribution is 5.87. The van der Waals surface area contributed by atoms with E-state index in [1.807, 2.05) is 18.0 Å². The van der Waals surface area contributed by atoms with Crippen LogP contribution in [0.1, 0.15) is 70.5 Å². The van der Waals surface area contributed by atoms with Crippen LogP contribution in [0.3, 0.4) is 0 Å². The van der Waals surface area contributed by atoms with Crippen LogP contribution < -0.4 is 5.32 Å². The van der Waals surface area contributed by atoms with E-state index in [4.69, 9.17) is 4.74 Å². The fraction of sp³-hybridized carbons (Fsp3) is 0.762. The molecule has 0 aromatic carbocycles. The lowest BCUT2D eigenvalue weighted by Crippen LogP contribution is -2.55. The Morgan fingerprint density at radius 2 is 1.96 bits per heavy atom. The molecule has 0 bridgehead atoms. The van der Waals surface area contributed by atoms with Crippen molar-refractivity contribution < 1.29 is 14.3 Å². The Kier molecular flexibility index (Phi) is 7.48. The Hall–Kier alpha value is -1.89. The first-order valence-corrected chi connectivity index (χ1v) is 10.7. The van der Waals surface area contributed by atoms with E-state index in [-0.39, 0.29) is 17.9 Å². The minimum absolute atomic E-state index is 0.0377. The Labute approximate surface area is 167 Å². The van der Waals surface area contributed by atoms with E-state index in [1.54, 1.807) is 6.20 Å². The normalized spacial score (nSPS) is 21.3. The average Bonchev–Trinajstić information content (AvgIpc) is 3.25. The number of imidazole rings is 1. The number of nitrogens with zero attached hydrogens (tertiary/aromatic N) is 2. The van der Waals surface area contributed by atoms with Crippen molar-refractivity contribution in [2.75, 3.05) is 19.7 Å². The van der Waals surface area contributed by atoms with Crippen molar-refractivity contribution in [1.82, 2.24) is 20.2 Å². The molecule has 28 heavy (non-hydrogen) atoms. The van der Waals surface area contributed by atoms with E-state index < -0.39 is 6.04 Å². The Morgan fingerprint density at radius 3 is 2.57 bits per heavy atom. The molecule has 2 aliphatic rings. The molecular formula is C21H34N4O3. The molecule has 2 unspecified atom stereocenters. The molecule has 1 aliphatic heterocycles. The summed E-state index contributed by atoms with van der Waals surface area (Å²) in [4.78, 5) is 34.2. The summed E-state index contributed by atoms with van der Waals surface area (Å²) in [6, 6.07) is -0.624. The number of nitrogens with one attached hydrogen (secondary N) is 2. The molecule has 1 saturated carbocycles. The Morgan fingerprint density at radius 1 is 1.25 bits per heavy atom. The van der Waals surface area contributed by atoms with E-state index in [1.165, 1.54) is 39.0 Å². The topological polar surface area (TPSA) is 87.3 Å². The zero-order chi connectivity index (χ0) is 19.9. The number of ether oxygens (including phenoxy) is 1. The highest BCUT2D eigenvalue weighted by Crippen LogP contribution is 2.27. The maximum Gasteiger partial charge on any atom is 0.247 e. The molecule has 3 rings (SSSR count). The van der Waals surface area contributed by atoms with Gasteiger partial charge in [-0.15, -0.1) is 0 Å². The Balaban J connectivity index is 1.54. The summed E-state index contributed by atoms with van der Waals surface area (Å²) in [5.41, 5.74) is 0. The van der Waals surface area contributed by atoms with E-state index in [0.29, 0.717) is 31.5 Å². The molecule has 2 amide bonds. The lowest BCUT2D eigenvalue weighted by atomic mass is 9.90. The Bertz CT molecular complexity index is 620. The van der Waals surface area contributed by atoms with Crippen LogP contribution in [0.25, 0.3) is 0 Å². The van der Waals surface area contributed by atoms with Gasteiger partial charge < -0.3 is 19.9 Å². The van der Waals surface area contributed by atoms with Gasteiger partial charge in [0, 0.05) is 44.9 Å². The minimum atomic E-state index is -0.624. The molecule has 2 fully saturated rings. The number of aromatic nitrogens is 2. The predicted octanol–water partition coefficient (Wildman–Crippen LogP) is 2.61. The first-order valence-electron chi connectivity index (χ1n) is 10.7. The number of amides is 2. The van der Waals surface area contributed by atoms with E-state index in [2.05, 4.69) is 15.3 Å². The van der Waals surface area contributed by atoms with Gasteiger partial charge in [-0.1, -0.05) is 19.3 Å². The van der Waals surface area contributed by atoms with Crippen molar-refractivity contribution in [2.24, 2.45) is 5.92 Å². The number of rotatable bonds is 7. The summed E-state index contributed by atoms with van der Waals surface area (Å²) < 4.78 is 6.06. The molecule has 2 N–H and O–H groups in total. The molecule has 0 radical (unpaired) electrons. The summed E-state index contributed by atoms with van der Waals surface area (Å²) in [6.07, 6.45) is 11.3. The van der Waals surface area contributed by atoms with Crippen molar-refractivity contribution in [2.45, 2.75) is 76.9 Å². The summed E-state index contributed by atoms with van der Waals surface area (Å²) in [5.74, 6) is 1.70. The molecule has 1 saturated heterocycles. The number of likely N-dealkylation sites (tertiary alicyclic amines) is 1. The number of piperidine rings is 1. The third-order valence-electron chi connectivity index (χ3n) is 6.13. The number of H-pyrrole nitrogens is 1. The number of hydrogen-bond acceptors (Lipinski definition) is 4. The molecule has 0 spiro atoms. The smallest absolute Gasteiger partial charge is 0.247 e. The van der Waals surface area contributed by atoms with Crippen molar-refractivity contribution in [3.8, 4) is 0 Å². The molecular weight excluding hydrogens is 356 g/mol. The lowest BCUT2D eigenvalue weighted by Gasteiger charge is -2.35. The van der Waals surface area contributed by atoms with Crippen LogP contribution in [0.15, 0.2) is 12.4 Å². The van der Waals surface area contributed by atoms with Gasteiger partial charge in [0.25, 0.3) is 0 Å². The number of aromatic amines is 1.